The van der Waals surface area contributed by atoms with Gasteiger partial charge in [-0.1, -0.05) is 6.07 Å². The fourth-order valence-corrected chi connectivity index (χ4v) is 2.96. The van der Waals surface area contributed by atoms with Gasteiger partial charge in [-0.05, 0) is 44.3 Å². The monoisotopic (exact) mass is 340 g/mol. The van der Waals surface area contributed by atoms with E-state index in [1.54, 1.807) is 25.3 Å². The number of likely N-dealkylation sites (N-methyl/N-ethyl adjacent to an activating group) is 1. The van der Waals surface area contributed by atoms with Crippen molar-refractivity contribution in [1.29, 1.82) is 0 Å². The molecule has 3 rings (SSSR count). The van der Waals surface area contributed by atoms with Gasteiger partial charge in [0.2, 0.25) is 5.91 Å². The summed E-state index contributed by atoms with van der Waals surface area (Å²) in [5, 5.41) is 2.85. The first-order valence-electron chi connectivity index (χ1n) is 8.52. The summed E-state index contributed by atoms with van der Waals surface area (Å²) in [6, 6.07) is 11.4. The van der Waals surface area contributed by atoms with E-state index in [-0.39, 0.29) is 18.0 Å². The second-order valence-electron chi connectivity index (χ2n) is 6.51. The van der Waals surface area contributed by atoms with Crippen molar-refractivity contribution in [3.63, 3.8) is 0 Å². The van der Waals surface area contributed by atoms with Crippen molar-refractivity contribution in [3.8, 4) is 0 Å². The number of anilines is 2. The number of nitrogens with one attached hydrogen (secondary N) is 1. The average molecular weight is 340 g/mol. The number of rotatable bonds is 4. The van der Waals surface area contributed by atoms with Gasteiger partial charge in [-0.3, -0.25) is 9.59 Å². The zero-order valence-electron chi connectivity index (χ0n) is 14.7. The second-order valence-corrected chi connectivity index (χ2v) is 6.51. The molecule has 1 fully saturated rings. The Morgan fingerprint density at radius 3 is 2.44 bits per heavy atom. The van der Waals surface area contributed by atoms with E-state index in [0.717, 1.165) is 31.9 Å². The van der Waals surface area contributed by atoms with Gasteiger partial charge in [0, 0.05) is 49.3 Å². The summed E-state index contributed by atoms with van der Waals surface area (Å²) in [5.74, 6) is -0.208. The molecule has 6 heteroatoms. The van der Waals surface area contributed by atoms with E-state index in [1.807, 2.05) is 24.3 Å². The number of aryl methyl sites for hydroxylation is 1. The zero-order chi connectivity index (χ0) is 17.8. The summed E-state index contributed by atoms with van der Waals surface area (Å²) < 4.78 is 1.42. The topological polar surface area (TPSA) is 57.6 Å². The summed E-state index contributed by atoms with van der Waals surface area (Å²) in [6.07, 6.45) is 1.63. The van der Waals surface area contributed by atoms with Gasteiger partial charge >= 0.3 is 0 Å². The zero-order valence-corrected chi connectivity index (χ0v) is 14.7. The summed E-state index contributed by atoms with van der Waals surface area (Å²) in [6.45, 7) is 5.90. The number of benzene rings is 1. The Kier molecular flexibility index (Phi) is 5.19. The van der Waals surface area contributed by atoms with Crippen molar-refractivity contribution in [3.05, 3.63) is 58.5 Å². The molecule has 0 unspecified atom stereocenters. The molecule has 1 saturated heterocycles. The smallest absolute Gasteiger partial charge is 0.253 e. The van der Waals surface area contributed by atoms with E-state index in [2.05, 4.69) is 22.2 Å². The van der Waals surface area contributed by atoms with Crippen molar-refractivity contribution < 1.29 is 4.79 Å². The maximum Gasteiger partial charge on any atom is 0.253 e. The molecule has 6 nitrogen and oxygen atoms in total. The van der Waals surface area contributed by atoms with Crippen LogP contribution in [0.25, 0.3) is 0 Å². The Morgan fingerprint density at radius 2 is 1.76 bits per heavy atom. The van der Waals surface area contributed by atoms with E-state index in [9.17, 15) is 9.59 Å². The SMILES string of the molecule is Cc1cccn(CC(=O)Nc2ccc(N3CCN(C)CC3)cc2)c1=O. The van der Waals surface area contributed by atoms with Crippen LogP contribution in [0.4, 0.5) is 11.4 Å². The maximum absolute atomic E-state index is 12.2. The van der Waals surface area contributed by atoms with Gasteiger partial charge < -0.3 is 19.7 Å². The molecule has 0 aliphatic carbocycles. The van der Waals surface area contributed by atoms with Crippen LogP contribution in [0.3, 0.4) is 0 Å². The van der Waals surface area contributed by atoms with Crippen LogP contribution in [0.2, 0.25) is 0 Å². The van der Waals surface area contributed by atoms with Gasteiger partial charge in [0.15, 0.2) is 0 Å². The van der Waals surface area contributed by atoms with Crippen LogP contribution >= 0.6 is 0 Å². The second kappa shape index (κ2) is 7.53. The lowest BCUT2D eigenvalue weighted by molar-refractivity contribution is -0.116. The first-order valence-corrected chi connectivity index (χ1v) is 8.52. The minimum Gasteiger partial charge on any atom is -0.369 e. The largest absolute Gasteiger partial charge is 0.369 e. The number of hydrogen-bond acceptors (Lipinski definition) is 4. The number of amides is 1. The minimum atomic E-state index is -0.208. The van der Waals surface area contributed by atoms with Gasteiger partial charge in [0.1, 0.15) is 6.54 Å². The normalized spacial score (nSPS) is 15.2. The lowest BCUT2D eigenvalue weighted by Crippen LogP contribution is -2.44. The third-order valence-electron chi connectivity index (χ3n) is 4.54. The first kappa shape index (κ1) is 17.2. The molecule has 0 saturated carbocycles. The quantitative estimate of drug-likeness (QED) is 0.917. The molecule has 1 aliphatic heterocycles. The molecule has 0 radical (unpaired) electrons. The van der Waals surface area contributed by atoms with Crippen LogP contribution in [-0.2, 0) is 11.3 Å². The lowest BCUT2D eigenvalue weighted by atomic mass is 10.2. The fourth-order valence-electron chi connectivity index (χ4n) is 2.96. The van der Waals surface area contributed by atoms with Crippen LogP contribution in [0, 0.1) is 6.92 Å². The molecule has 2 aromatic rings. The predicted molar refractivity (Wildman–Crippen MR) is 100 cm³/mol. The Hall–Kier alpha value is -2.60. The molecule has 1 aromatic carbocycles. The molecule has 1 aromatic heterocycles. The third kappa shape index (κ3) is 4.28. The lowest BCUT2D eigenvalue weighted by Gasteiger charge is -2.34. The summed E-state index contributed by atoms with van der Waals surface area (Å²) in [7, 11) is 2.13. The van der Waals surface area contributed by atoms with Crippen molar-refractivity contribution in [2.45, 2.75) is 13.5 Å². The number of carbonyl (C=O) groups excluding carboxylic acids is 1. The molecule has 0 bridgehead atoms. The first-order chi connectivity index (χ1) is 12.0. The summed E-state index contributed by atoms with van der Waals surface area (Å²) >= 11 is 0. The van der Waals surface area contributed by atoms with Gasteiger partial charge in [0.25, 0.3) is 5.56 Å². The van der Waals surface area contributed by atoms with Crippen LogP contribution in [0.1, 0.15) is 5.56 Å². The van der Waals surface area contributed by atoms with Crippen LogP contribution in [-0.4, -0.2) is 48.6 Å². The molecule has 1 N–H and O–H groups in total. The highest BCUT2D eigenvalue weighted by Crippen LogP contribution is 2.19. The predicted octanol–water partition coefficient (Wildman–Crippen LogP) is 1.55. The standard InChI is InChI=1S/C19H24N4O2/c1-15-4-3-9-23(19(15)25)14-18(24)20-16-5-7-17(8-6-16)22-12-10-21(2)11-13-22/h3-9H,10-14H2,1-2H3,(H,20,24). The highest BCUT2D eigenvalue weighted by atomic mass is 16.2. The third-order valence-corrected chi connectivity index (χ3v) is 4.54. The molecule has 132 valence electrons. The number of pyridine rings is 1. The van der Waals surface area contributed by atoms with E-state index in [0.29, 0.717) is 5.56 Å². The highest BCUT2D eigenvalue weighted by molar-refractivity contribution is 5.90. The van der Waals surface area contributed by atoms with E-state index < -0.39 is 0 Å². The number of piperazine rings is 1. The molecular weight excluding hydrogens is 316 g/mol. The molecule has 0 spiro atoms. The molecule has 0 atom stereocenters. The van der Waals surface area contributed by atoms with E-state index >= 15 is 0 Å². The number of hydrogen-bond donors (Lipinski definition) is 1. The molecular formula is C19H24N4O2. The Morgan fingerprint density at radius 1 is 1.08 bits per heavy atom. The molecule has 1 amide bonds. The van der Waals surface area contributed by atoms with Crippen LogP contribution in [0.5, 0.6) is 0 Å². The maximum atomic E-state index is 12.2. The molecule has 25 heavy (non-hydrogen) atoms. The molecule has 2 heterocycles. The minimum absolute atomic E-state index is 0.0146. The number of carbonyl (C=O) groups is 1. The summed E-state index contributed by atoms with van der Waals surface area (Å²) in [4.78, 5) is 28.8. The van der Waals surface area contributed by atoms with Crippen LogP contribution in [0.15, 0.2) is 47.4 Å². The number of aromatic nitrogens is 1. The Bertz CT molecular complexity index is 790. The van der Waals surface area contributed by atoms with Gasteiger partial charge in [-0.25, -0.2) is 0 Å². The number of nitrogens with zero attached hydrogens (tertiary/aromatic N) is 3. The average Bonchev–Trinajstić information content (AvgIpc) is 2.60. The van der Waals surface area contributed by atoms with Crippen molar-refractivity contribution in [2.24, 2.45) is 0 Å². The van der Waals surface area contributed by atoms with Crippen molar-refractivity contribution >= 4 is 17.3 Å². The van der Waals surface area contributed by atoms with Gasteiger partial charge in [-0.2, -0.15) is 0 Å². The van der Waals surface area contributed by atoms with Crippen molar-refractivity contribution in [2.75, 3.05) is 43.4 Å². The van der Waals surface area contributed by atoms with Crippen molar-refractivity contribution in [1.82, 2.24) is 9.47 Å². The van der Waals surface area contributed by atoms with Gasteiger partial charge in [0.05, 0.1) is 0 Å². The molecule has 1 aliphatic rings. The fraction of sp³-hybridized carbons (Fsp3) is 0.368. The van der Waals surface area contributed by atoms with Gasteiger partial charge in [-0.15, -0.1) is 0 Å². The van der Waals surface area contributed by atoms with Crippen LogP contribution < -0.4 is 15.8 Å². The Balaban J connectivity index is 1.60. The van der Waals surface area contributed by atoms with E-state index in [1.165, 1.54) is 10.3 Å². The van der Waals surface area contributed by atoms with E-state index in [4.69, 9.17) is 0 Å². The Labute approximate surface area is 147 Å². The summed E-state index contributed by atoms with van der Waals surface area (Å²) in [5.41, 5.74) is 2.40. The highest BCUT2D eigenvalue weighted by Gasteiger charge is 2.14.